The first-order valence-corrected chi connectivity index (χ1v) is 8.90. The molecule has 0 aliphatic heterocycles. The van der Waals surface area contributed by atoms with Gasteiger partial charge in [-0.05, 0) is 79.5 Å². The van der Waals surface area contributed by atoms with E-state index >= 15 is 0 Å². The highest BCUT2D eigenvalue weighted by molar-refractivity contribution is 5.90. The Labute approximate surface area is 152 Å². The van der Waals surface area contributed by atoms with Gasteiger partial charge >= 0.3 is 5.97 Å². The van der Waals surface area contributed by atoms with Crippen molar-refractivity contribution in [3.05, 3.63) is 65.5 Å². The molecular weight excluding hydrogens is 333 g/mol. The minimum absolute atomic E-state index is 0.0482. The van der Waals surface area contributed by atoms with Gasteiger partial charge in [-0.3, -0.25) is 4.79 Å². The van der Waals surface area contributed by atoms with Crippen LogP contribution in [0.5, 0.6) is 0 Å². The lowest BCUT2D eigenvalue weighted by Gasteiger charge is -2.28. The summed E-state index contributed by atoms with van der Waals surface area (Å²) < 4.78 is 12.9. The second-order valence-corrected chi connectivity index (χ2v) is 6.91. The summed E-state index contributed by atoms with van der Waals surface area (Å²) in [5, 5.41) is 11.9. The van der Waals surface area contributed by atoms with E-state index in [1.165, 1.54) is 12.1 Å². The molecule has 0 radical (unpaired) electrons. The number of halogens is 1. The molecule has 0 unspecified atom stereocenters. The number of carbonyl (C=O) groups is 2. The van der Waals surface area contributed by atoms with Gasteiger partial charge in [-0.25, -0.2) is 9.18 Å². The molecule has 0 spiro atoms. The molecule has 0 atom stereocenters. The van der Waals surface area contributed by atoms with Crippen molar-refractivity contribution in [3.8, 4) is 0 Å². The van der Waals surface area contributed by atoms with Gasteiger partial charge in [-0.2, -0.15) is 0 Å². The van der Waals surface area contributed by atoms with Crippen LogP contribution in [0.3, 0.4) is 0 Å². The van der Waals surface area contributed by atoms with E-state index in [0.29, 0.717) is 29.5 Å². The number of rotatable bonds is 5. The maximum Gasteiger partial charge on any atom is 0.335 e. The average molecular weight is 355 g/mol. The number of nitrogens with one attached hydrogen (secondary N) is 1. The largest absolute Gasteiger partial charge is 0.478 e. The number of carbonyl (C=O) groups excluding carboxylic acids is 1. The number of carboxylic acid groups (broad SMARTS) is 1. The van der Waals surface area contributed by atoms with Crippen molar-refractivity contribution in [1.29, 1.82) is 0 Å². The summed E-state index contributed by atoms with van der Waals surface area (Å²) in [7, 11) is 0. The number of amides is 1. The third-order valence-corrected chi connectivity index (χ3v) is 5.05. The topological polar surface area (TPSA) is 66.4 Å². The Hall–Kier alpha value is -2.69. The van der Waals surface area contributed by atoms with Gasteiger partial charge in [-0.15, -0.1) is 0 Å². The molecule has 1 saturated carbocycles. The van der Waals surface area contributed by atoms with Crippen LogP contribution in [0.2, 0.25) is 0 Å². The van der Waals surface area contributed by atoms with Crippen LogP contribution in [0, 0.1) is 11.7 Å². The van der Waals surface area contributed by atoms with Crippen molar-refractivity contribution in [2.24, 2.45) is 5.92 Å². The van der Waals surface area contributed by atoms with E-state index in [1.54, 1.807) is 30.3 Å². The van der Waals surface area contributed by atoms with Crippen LogP contribution >= 0.6 is 0 Å². The minimum atomic E-state index is -0.905. The lowest BCUT2D eigenvalue weighted by molar-refractivity contribution is -0.117. The number of hydrogen-bond donors (Lipinski definition) is 2. The number of benzene rings is 2. The van der Waals surface area contributed by atoms with Crippen molar-refractivity contribution < 1.29 is 19.1 Å². The molecule has 0 heterocycles. The van der Waals surface area contributed by atoms with Crippen LogP contribution in [0.15, 0.2) is 48.5 Å². The fraction of sp³-hybridized carbons (Fsp3) is 0.333. The van der Waals surface area contributed by atoms with Crippen molar-refractivity contribution in [2.45, 2.75) is 38.0 Å². The van der Waals surface area contributed by atoms with Crippen LogP contribution in [0.25, 0.3) is 0 Å². The summed E-state index contributed by atoms with van der Waals surface area (Å²) in [4.78, 5) is 23.3. The van der Waals surface area contributed by atoms with Gasteiger partial charge in [0.25, 0.3) is 0 Å². The molecule has 0 bridgehead atoms. The fourth-order valence-corrected chi connectivity index (χ4v) is 3.63. The molecule has 5 heteroatoms. The summed E-state index contributed by atoms with van der Waals surface area (Å²) in [6.07, 6.45) is 4.26. The highest BCUT2D eigenvalue weighted by Crippen LogP contribution is 2.37. The zero-order valence-corrected chi connectivity index (χ0v) is 14.5. The summed E-state index contributed by atoms with van der Waals surface area (Å²) in [5.41, 5.74) is 2.00. The molecule has 1 amide bonds. The van der Waals surface area contributed by atoms with Crippen molar-refractivity contribution in [1.82, 2.24) is 0 Å². The third-order valence-electron chi connectivity index (χ3n) is 5.05. The normalized spacial score (nSPS) is 19.7. The Morgan fingerprint density at radius 3 is 2.38 bits per heavy atom. The second kappa shape index (κ2) is 8.13. The smallest absolute Gasteiger partial charge is 0.335 e. The standard InChI is InChI=1S/C21H22FNO3/c22-18-8-10-19(11-9-18)23-20(24)12-14-4-6-15(7-5-14)16-2-1-3-17(13-16)21(25)26/h1-3,8-11,13-15H,4-7,12H2,(H,23,24)(H,25,26). The van der Waals surface area contributed by atoms with Crippen molar-refractivity contribution in [3.63, 3.8) is 0 Å². The summed E-state index contributed by atoms with van der Waals surface area (Å²) in [6.45, 7) is 0. The van der Waals surface area contributed by atoms with Gasteiger partial charge in [0.1, 0.15) is 5.82 Å². The predicted octanol–water partition coefficient (Wildman–Crippen LogP) is 4.83. The highest BCUT2D eigenvalue weighted by atomic mass is 19.1. The molecular formula is C21H22FNO3. The summed E-state index contributed by atoms with van der Waals surface area (Å²) >= 11 is 0. The first-order valence-electron chi connectivity index (χ1n) is 8.90. The molecule has 136 valence electrons. The van der Waals surface area contributed by atoms with Gasteiger partial charge in [0, 0.05) is 12.1 Å². The van der Waals surface area contributed by atoms with E-state index in [9.17, 15) is 14.0 Å². The quantitative estimate of drug-likeness (QED) is 0.807. The Kier molecular flexibility index (Phi) is 5.66. The second-order valence-electron chi connectivity index (χ2n) is 6.91. The van der Waals surface area contributed by atoms with E-state index in [1.807, 2.05) is 6.07 Å². The SMILES string of the molecule is O=C(CC1CCC(c2cccc(C(=O)O)c2)CC1)Nc1ccc(F)cc1. The number of anilines is 1. The summed E-state index contributed by atoms with van der Waals surface area (Å²) in [5.74, 6) is -0.598. The van der Waals surface area contributed by atoms with Crippen molar-refractivity contribution >= 4 is 17.6 Å². The molecule has 2 aromatic rings. The Morgan fingerprint density at radius 2 is 1.73 bits per heavy atom. The van der Waals surface area contributed by atoms with Crippen molar-refractivity contribution in [2.75, 3.05) is 5.32 Å². The molecule has 1 aliphatic rings. The van der Waals surface area contributed by atoms with Gasteiger partial charge in [0.2, 0.25) is 5.91 Å². The molecule has 2 N–H and O–H groups in total. The zero-order valence-electron chi connectivity index (χ0n) is 14.5. The van der Waals surface area contributed by atoms with E-state index in [-0.39, 0.29) is 11.7 Å². The van der Waals surface area contributed by atoms with Crippen LogP contribution in [0.4, 0.5) is 10.1 Å². The van der Waals surface area contributed by atoms with Gasteiger partial charge in [0.15, 0.2) is 0 Å². The van der Waals surface area contributed by atoms with Gasteiger partial charge < -0.3 is 10.4 Å². The van der Waals surface area contributed by atoms with E-state index in [2.05, 4.69) is 5.32 Å². The molecule has 1 fully saturated rings. The maximum absolute atomic E-state index is 12.9. The van der Waals surface area contributed by atoms with Gasteiger partial charge in [-0.1, -0.05) is 12.1 Å². The number of carboxylic acids is 1. The Bertz CT molecular complexity index is 780. The van der Waals surface area contributed by atoms with Crippen LogP contribution in [-0.2, 0) is 4.79 Å². The monoisotopic (exact) mass is 355 g/mol. The minimum Gasteiger partial charge on any atom is -0.478 e. The van der Waals surface area contributed by atoms with E-state index in [4.69, 9.17) is 5.11 Å². The molecule has 3 rings (SSSR count). The van der Waals surface area contributed by atoms with Crippen LogP contribution < -0.4 is 5.32 Å². The molecule has 0 aromatic heterocycles. The summed E-state index contributed by atoms with van der Waals surface area (Å²) in [6, 6.07) is 12.9. The first kappa shape index (κ1) is 18.1. The fourth-order valence-electron chi connectivity index (χ4n) is 3.63. The first-order chi connectivity index (χ1) is 12.5. The van der Waals surface area contributed by atoms with E-state index in [0.717, 1.165) is 31.2 Å². The molecule has 26 heavy (non-hydrogen) atoms. The Morgan fingerprint density at radius 1 is 1.04 bits per heavy atom. The van der Waals surface area contributed by atoms with Crippen LogP contribution in [-0.4, -0.2) is 17.0 Å². The van der Waals surface area contributed by atoms with Gasteiger partial charge in [0.05, 0.1) is 5.56 Å². The molecule has 0 saturated heterocycles. The third kappa shape index (κ3) is 4.69. The predicted molar refractivity (Wildman–Crippen MR) is 97.7 cm³/mol. The zero-order chi connectivity index (χ0) is 18.5. The van der Waals surface area contributed by atoms with Crippen LogP contribution in [0.1, 0.15) is 53.9 Å². The molecule has 2 aromatic carbocycles. The maximum atomic E-state index is 12.9. The average Bonchev–Trinajstić information content (AvgIpc) is 2.64. The number of hydrogen-bond acceptors (Lipinski definition) is 2. The molecule has 4 nitrogen and oxygen atoms in total. The highest BCUT2D eigenvalue weighted by Gasteiger charge is 2.24. The number of aromatic carboxylic acids is 1. The Balaban J connectivity index is 1.50. The van der Waals surface area contributed by atoms with E-state index < -0.39 is 5.97 Å². The lowest BCUT2D eigenvalue weighted by atomic mass is 9.77. The molecule has 1 aliphatic carbocycles. The lowest BCUT2D eigenvalue weighted by Crippen LogP contribution is -2.20.